The van der Waals surface area contributed by atoms with Crippen LogP contribution in [-0.2, 0) is 6.54 Å². The molecule has 0 radical (unpaired) electrons. The molecule has 1 atom stereocenters. The molecule has 3 nitrogen and oxygen atoms in total. The lowest BCUT2D eigenvalue weighted by Crippen LogP contribution is -2.37. The highest BCUT2D eigenvalue weighted by molar-refractivity contribution is 5.12. The van der Waals surface area contributed by atoms with Crippen LogP contribution in [0.25, 0.3) is 0 Å². The Hall–Kier alpha value is -0.930. The summed E-state index contributed by atoms with van der Waals surface area (Å²) < 4.78 is 0. The summed E-state index contributed by atoms with van der Waals surface area (Å²) in [6.07, 6.45) is 5.82. The van der Waals surface area contributed by atoms with E-state index in [0.717, 1.165) is 19.6 Å². The van der Waals surface area contributed by atoms with Crippen LogP contribution in [0.1, 0.15) is 37.4 Å². The van der Waals surface area contributed by atoms with Crippen molar-refractivity contribution in [2.75, 3.05) is 19.6 Å². The lowest BCUT2D eigenvalue weighted by molar-refractivity contribution is 0.239. The molecule has 1 fully saturated rings. The van der Waals surface area contributed by atoms with Crippen LogP contribution in [-0.4, -0.2) is 35.6 Å². The molecule has 0 saturated carbocycles. The molecule has 0 aliphatic carbocycles. The Balaban J connectivity index is 1.90. The van der Waals surface area contributed by atoms with Crippen molar-refractivity contribution < 1.29 is 0 Å². The molecule has 3 heteroatoms. The number of hydrogen-bond acceptors (Lipinski definition) is 3. The number of pyridine rings is 1. The van der Waals surface area contributed by atoms with Crippen LogP contribution in [0.15, 0.2) is 18.3 Å². The van der Waals surface area contributed by atoms with Crippen molar-refractivity contribution in [1.29, 1.82) is 0 Å². The van der Waals surface area contributed by atoms with E-state index >= 15 is 0 Å². The number of hydrogen-bond donors (Lipinski definition) is 1. The van der Waals surface area contributed by atoms with Crippen molar-refractivity contribution in [3.05, 3.63) is 29.6 Å². The SMILES string of the molecule is CCCN(Cc1ccc(C)cn1)CC1CCCN1. The predicted molar refractivity (Wildman–Crippen MR) is 75.6 cm³/mol. The van der Waals surface area contributed by atoms with E-state index in [0.29, 0.717) is 6.04 Å². The summed E-state index contributed by atoms with van der Waals surface area (Å²) >= 11 is 0. The van der Waals surface area contributed by atoms with Crippen molar-refractivity contribution in [1.82, 2.24) is 15.2 Å². The second-order valence-electron chi connectivity index (χ2n) is 5.36. The third-order valence-corrected chi connectivity index (χ3v) is 3.54. The van der Waals surface area contributed by atoms with E-state index in [1.807, 2.05) is 6.20 Å². The molecule has 0 aromatic carbocycles. The summed E-state index contributed by atoms with van der Waals surface area (Å²) in [4.78, 5) is 7.04. The Bertz CT molecular complexity index is 341. The molecule has 1 aromatic heterocycles. The molecule has 2 rings (SSSR count). The fourth-order valence-electron chi connectivity index (χ4n) is 2.60. The van der Waals surface area contributed by atoms with Gasteiger partial charge in [0.15, 0.2) is 0 Å². The summed E-state index contributed by atoms with van der Waals surface area (Å²) in [6.45, 7) is 8.82. The fourth-order valence-corrected chi connectivity index (χ4v) is 2.60. The van der Waals surface area contributed by atoms with Crippen molar-refractivity contribution in [3.63, 3.8) is 0 Å². The maximum absolute atomic E-state index is 4.51. The van der Waals surface area contributed by atoms with Crippen molar-refractivity contribution in [3.8, 4) is 0 Å². The Kier molecular flexibility index (Phi) is 5.14. The molecule has 0 bridgehead atoms. The summed E-state index contributed by atoms with van der Waals surface area (Å²) in [5, 5.41) is 3.58. The molecule has 0 spiro atoms. The maximum atomic E-state index is 4.51. The van der Waals surface area contributed by atoms with Gasteiger partial charge in [-0.25, -0.2) is 0 Å². The smallest absolute Gasteiger partial charge is 0.0544 e. The lowest BCUT2D eigenvalue weighted by atomic mass is 10.2. The van der Waals surface area contributed by atoms with Gasteiger partial charge in [0.1, 0.15) is 0 Å². The van der Waals surface area contributed by atoms with Gasteiger partial charge in [-0.2, -0.15) is 0 Å². The Morgan fingerprint density at radius 2 is 2.33 bits per heavy atom. The predicted octanol–water partition coefficient (Wildman–Crippen LogP) is 2.35. The van der Waals surface area contributed by atoms with E-state index < -0.39 is 0 Å². The van der Waals surface area contributed by atoms with Crippen molar-refractivity contribution in [2.24, 2.45) is 0 Å². The number of nitrogens with one attached hydrogen (secondary N) is 1. The molecule has 1 aliphatic heterocycles. The van der Waals surface area contributed by atoms with Gasteiger partial charge in [0.2, 0.25) is 0 Å². The van der Waals surface area contributed by atoms with Crippen LogP contribution >= 0.6 is 0 Å². The number of aryl methyl sites for hydroxylation is 1. The van der Waals surface area contributed by atoms with Gasteiger partial charge < -0.3 is 5.32 Å². The first kappa shape index (κ1) is 13.5. The van der Waals surface area contributed by atoms with E-state index in [9.17, 15) is 0 Å². The maximum Gasteiger partial charge on any atom is 0.0544 e. The van der Waals surface area contributed by atoms with Gasteiger partial charge >= 0.3 is 0 Å². The normalized spacial score (nSPS) is 19.6. The van der Waals surface area contributed by atoms with Crippen LogP contribution in [0.5, 0.6) is 0 Å². The second-order valence-corrected chi connectivity index (χ2v) is 5.36. The Labute approximate surface area is 111 Å². The first-order valence-electron chi connectivity index (χ1n) is 7.15. The van der Waals surface area contributed by atoms with Gasteiger partial charge in [-0.15, -0.1) is 0 Å². The monoisotopic (exact) mass is 247 g/mol. The average Bonchev–Trinajstić information content (AvgIpc) is 2.85. The number of aromatic nitrogens is 1. The molecule has 100 valence electrons. The van der Waals surface area contributed by atoms with E-state index in [-0.39, 0.29) is 0 Å². The highest BCUT2D eigenvalue weighted by Crippen LogP contribution is 2.10. The average molecular weight is 247 g/mol. The van der Waals surface area contributed by atoms with E-state index in [2.05, 4.69) is 41.2 Å². The molecule has 2 heterocycles. The molecule has 1 N–H and O–H groups in total. The van der Waals surface area contributed by atoms with Gasteiger partial charge in [-0.3, -0.25) is 9.88 Å². The van der Waals surface area contributed by atoms with Crippen LogP contribution in [0.4, 0.5) is 0 Å². The van der Waals surface area contributed by atoms with Crippen LogP contribution < -0.4 is 5.32 Å². The standard InChI is InChI=1S/C15H25N3/c1-3-9-18(11-14-5-4-8-16-14)12-15-7-6-13(2)10-17-15/h6-7,10,14,16H,3-5,8-9,11-12H2,1-2H3. The van der Waals surface area contributed by atoms with Crippen LogP contribution in [0.2, 0.25) is 0 Å². The summed E-state index contributed by atoms with van der Waals surface area (Å²) in [7, 11) is 0. The fraction of sp³-hybridized carbons (Fsp3) is 0.667. The zero-order valence-corrected chi connectivity index (χ0v) is 11.7. The largest absolute Gasteiger partial charge is 0.313 e. The lowest BCUT2D eigenvalue weighted by Gasteiger charge is -2.24. The van der Waals surface area contributed by atoms with Gasteiger partial charge in [-0.1, -0.05) is 13.0 Å². The quantitative estimate of drug-likeness (QED) is 0.836. The van der Waals surface area contributed by atoms with E-state index in [1.165, 1.54) is 37.1 Å². The van der Waals surface area contributed by atoms with Crippen molar-refractivity contribution in [2.45, 2.75) is 45.7 Å². The van der Waals surface area contributed by atoms with E-state index in [4.69, 9.17) is 0 Å². The summed E-state index contributed by atoms with van der Waals surface area (Å²) in [5.41, 5.74) is 2.42. The third kappa shape index (κ3) is 4.07. The van der Waals surface area contributed by atoms with Gasteiger partial charge in [-0.05, 0) is 50.9 Å². The van der Waals surface area contributed by atoms with Crippen molar-refractivity contribution >= 4 is 0 Å². The first-order chi connectivity index (χ1) is 8.78. The van der Waals surface area contributed by atoms with Gasteiger partial charge in [0.05, 0.1) is 5.69 Å². The van der Waals surface area contributed by atoms with Crippen LogP contribution in [0.3, 0.4) is 0 Å². The summed E-state index contributed by atoms with van der Waals surface area (Å²) in [6, 6.07) is 4.99. The molecule has 18 heavy (non-hydrogen) atoms. The molecule has 1 aliphatic rings. The third-order valence-electron chi connectivity index (χ3n) is 3.54. The van der Waals surface area contributed by atoms with Gasteiger partial charge in [0.25, 0.3) is 0 Å². The molecule has 1 aromatic rings. The Morgan fingerprint density at radius 1 is 1.44 bits per heavy atom. The zero-order valence-electron chi connectivity index (χ0n) is 11.7. The minimum Gasteiger partial charge on any atom is -0.313 e. The second kappa shape index (κ2) is 6.86. The van der Waals surface area contributed by atoms with Crippen LogP contribution in [0, 0.1) is 6.92 Å². The highest BCUT2D eigenvalue weighted by Gasteiger charge is 2.17. The Morgan fingerprint density at radius 3 is 2.94 bits per heavy atom. The zero-order chi connectivity index (χ0) is 12.8. The molecular formula is C15H25N3. The number of nitrogens with zero attached hydrogens (tertiary/aromatic N) is 2. The topological polar surface area (TPSA) is 28.2 Å². The highest BCUT2D eigenvalue weighted by atomic mass is 15.2. The minimum absolute atomic E-state index is 0.682. The molecule has 1 saturated heterocycles. The first-order valence-corrected chi connectivity index (χ1v) is 7.15. The molecular weight excluding hydrogens is 222 g/mol. The van der Waals surface area contributed by atoms with Gasteiger partial charge in [0, 0.05) is 25.3 Å². The minimum atomic E-state index is 0.682. The number of rotatable bonds is 6. The molecule has 1 unspecified atom stereocenters. The molecule has 0 amide bonds. The summed E-state index contributed by atoms with van der Waals surface area (Å²) in [5.74, 6) is 0. The van der Waals surface area contributed by atoms with E-state index in [1.54, 1.807) is 0 Å².